The lowest BCUT2D eigenvalue weighted by Gasteiger charge is -2.30. The molecule has 1 unspecified atom stereocenters. The third kappa shape index (κ3) is 2.73. The highest BCUT2D eigenvalue weighted by atomic mass is 32.2. The highest BCUT2D eigenvalue weighted by Crippen LogP contribution is 2.38. The van der Waals surface area contributed by atoms with E-state index in [2.05, 4.69) is 41.5 Å². The molecule has 1 aromatic carbocycles. The Hall–Kier alpha value is -0.510. The van der Waals surface area contributed by atoms with Crippen molar-refractivity contribution in [1.82, 2.24) is 10.2 Å². The molecule has 2 nitrogen and oxygen atoms in total. The minimum atomic E-state index is 0.714. The van der Waals surface area contributed by atoms with E-state index < -0.39 is 0 Å². The van der Waals surface area contributed by atoms with Gasteiger partial charge in [0.2, 0.25) is 0 Å². The molecule has 3 rings (SSSR count). The van der Waals surface area contributed by atoms with Crippen molar-refractivity contribution in [2.45, 2.75) is 29.7 Å². The number of nitrogens with one attached hydrogen (secondary N) is 1. The zero-order valence-electron chi connectivity index (χ0n) is 11.1. The van der Waals surface area contributed by atoms with Crippen molar-refractivity contribution < 1.29 is 0 Å². The lowest BCUT2D eigenvalue weighted by atomic mass is 9.99. The summed E-state index contributed by atoms with van der Waals surface area (Å²) in [5.41, 5.74) is 1.56. The number of hydrogen-bond acceptors (Lipinski definition) is 3. The second kappa shape index (κ2) is 5.64. The average molecular weight is 262 g/mol. The van der Waals surface area contributed by atoms with Gasteiger partial charge in [0.25, 0.3) is 0 Å². The molecule has 1 aromatic rings. The van der Waals surface area contributed by atoms with E-state index in [-0.39, 0.29) is 0 Å². The Kier molecular flexibility index (Phi) is 3.92. The standard InChI is InChI=1S/C15H22N2S/c1-17-8-6-13(7-9-17)16-10-12-11-18-15-5-3-2-4-14(12)15/h2-5,12-13,16H,6-11H2,1H3. The van der Waals surface area contributed by atoms with Crippen LogP contribution >= 0.6 is 11.8 Å². The van der Waals surface area contributed by atoms with Gasteiger partial charge in [-0.3, -0.25) is 0 Å². The van der Waals surface area contributed by atoms with Crippen LogP contribution < -0.4 is 5.32 Å². The van der Waals surface area contributed by atoms with E-state index in [1.54, 1.807) is 5.56 Å². The van der Waals surface area contributed by atoms with Crippen molar-refractivity contribution in [3.05, 3.63) is 29.8 Å². The fourth-order valence-electron chi connectivity index (χ4n) is 2.92. The molecule has 1 fully saturated rings. The van der Waals surface area contributed by atoms with E-state index in [0.717, 1.165) is 12.6 Å². The molecule has 0 radical (unpaired) electrons. The van der Waals surface area contributed by atoms with E-state index >= 15 is 0 Å². The van der Waals surface area contributed by atoms with E-state index in [1.165, 1.54) is 36.6 Å². The van der Waals surface area contributed by atoms with Crippen LogP contribution in [0.4, 0.5) is 0 Å². The molecule has 0 amide bonds. The fourth-order valence-corrected chi connectivity index (χ4v) is 4.17. The molecule has 0 bridgehead atoms. The predicted octanol–water partition coefficient (Wildman–Crippen LogP) is 2.56. The van der Waals surface area contributed by atoms with Gasteiger partial charge in [-0.25, -0.2) is 0 Å². The molecule has 1 N–H and O–H groups in total. The third-order valence-corrected chi connectivity index (χ3v) is 5.42. The first-order valence-electron chi connectivity index (χ1n) is 6.96. The van der Waals surface area contributed by atoms with Crippen molar-refractivity contribution in [3.63, 3.8) is 0 Å². The summed E-state index contributed by atoms with van der Waals surface area (Å²) in [4.78, 5) is 3.92. The van der Waals surface area contributed by atoms with E-state index in [4.69, 9.17) is 0 Å². The summed E-state index contributed by atoms with van der Waals surface area (Å²) in [6, 6.07) is 9.62. The number of nitrogens with zero attached hydrogens (tertiary/aromatic N) is 1. The number of rotatable bonds is 3. The summed E-state index contributed by atoms with van der Waals surface area (Å²) in [5, 5.41) is 3.78. The predicted molar refractivity (Wildman–Crippen MR) is 78.4 cm³/mol. The molecule has 0 aliphatic carbocycles. The molecule has 2 aliphatic rings. The number of hydrogen-bond donors (Lipinski definition) is 1. The molecule has 18 heavy (non-hydrogen) atoms. The first-order valence-corrected chi connectivity index (χ1v) is 7.95. The van der Waals surface area contributed by atoms with Gasteiger partial charge < -0.3 is 10.2 Å². The molecular formula is C15H22N2S. The van der Waals surface area contributed by atoms with Crippen molar-refractivity contribution in [2.75, 3.05) is 32.4 Å². The Morgan fingerprint density at radius 1 is 1.28 bits per heavy atom. The smallest absolute Gasteiger partial charge is 0.0108 e. The highest BCUT2D eigenvalue weighted by Gasteiger charge is 2.24. The molecule has 0 saturated carbocycles. The third-order valence-electron chi connectivity index (χ3n) is 4.17. The Bertz CT molecular complexity index is 399. The van der Waals surface area contributed by atoms with E-state index in [9.17, 15) is 0 Å². The molecule has 0 aromatic heterocycles. The summed E-state index contributed by atoms with van der Waals surface area (Å²) in [6.07, 6.45) is 2.61. The molecule has 0 spiro atoms. The van der Waals surface area contributed by atoms with Gasteiger partial charge in [-0.2, -0.15) is 0 Å². The van der Waals surface area contributed by atoms with E-state index in [0.29, 0.717) is 5.92 Å². The van der Waals surface area contributed by atoms with Crippen LogP contribution in [-0.2, 0) is 0 Å². The average Bonchev–Trinajstić information content (AvgIpc) is 2.82. The van der Waals surface area contributed by atoms with Gasteiger partial charge >= 0.3 is 0 Å². The monoisotopic (exact) mass is 262 g/mol. The van der Waals surface area contributed by atoms with Crippen LogP contribution in [0.25, 0.3) is 0 Å². The van der Waals surface area contributed by atoms with Gasteiger partial charge in [0.05, 0.1) is 0 Å². The number of thioether (sulfide) groups is 1. The van der Waals surface area contributed by atoms with Crippen molar-refractivity contribution in [3.8, 4) is 0 Å². The largest absolute Gasteiger partial charge is 0.313 e. The molecule has 2 aliphatic heterocycles. The molecule has 1 saturated heterocycles. The second-order valence-corrected chi connectivity index (χ2v) is 6.59. The van der Waals surface area contributed by atoms with Gasteiger partial charge in [0.15, 0.2) is 0 Å². The molecule has 2 heterocycles. The fraction of sp³-hybridized carbons (Fsp3) is 0.600. The first-order chi connectivity index (χ1) is 8.83. The van der Waals surface area contributed by atoms with Crippen LogP contribution in [0.3, 0.4) is 0 Å². The normalized spacial score (nSPS) is 25.3. The van der Waals surface area contributed by atoms with Crippen molar-refractivity contribution >= 4 is 11.8 Å². The van der Waals surface area contributed by atoms with Crippen molar-refractivity contribution in [2.24, 2.45) is 0 Å². The molecule has 1 atom stereocenters. The first kappa shape index (κ1) is 12.5. The highest BCUT2D eigenvalue weighted by molar-refractivity contribution is 7.99. The van der Waals surface area contributed by atoms with Gasteiger partial charge in [-0.15, -0.1) is 11.8 Å². The number of piperidine rings is 1. The van der Waals surface area contributed by atoms with Crippen LogP contribution in [0, 0.1) is 0 Å². The maximum Gasteiger partial charge on any atom is 0.0108 e. The van der Waals surface area contributed by atoms with Gasteiger partial charge in [0.1, 0.15) is 0 Å². The minimum Gasteiger partial charge on any atom is -0.313 e. The number of benzene rings is 1. The zero-order valence-corrected chi connectivity index (χ0v) is 11.9. The second-order valence-electron chi connectivity index (χ2n) is 5.53. The molecule has 3 heteroatoms. The Morgan fingerprint density at radius 3 is 2.89 bits per heavy atom. The zero-order chi connectivity index (χ0) is 12.4. The van der Waals surface area contributed by atoms with Crippen molar-refractivity contribution in [1.29, 1.82) is 0 Å². The Labute approximate surface area is 114 Å². The number of fused-ring (bicyclic) bond motifs is 1. The maximum atomic E-state index is 3.78. The van der Waals surface area contributed by atoms with Gasteiger partial charge in [-0.05, 0) is 44.6 Å². The molecule has 98 valence electrons. The number of likely N-dealkylation sites (tertiary alicyclic amines) is 1. The van der Waals surface area contributed by atoms with E-state index in [1.807, 2.05) is 11.8 Å². The lowest BCUT2D eigenvalue weighted by molar-refractivity contribution is 0.234. The maximum absolute atomic E-state index is 3.78. The van der Waals surface area contributed by atoms with Crippen LogP contribution in [-0.4, -0.2) is 43.4 Å². The minimum absolute atomic E-state index is 0.714. The van der Waals surface area contributed by atoms with Crippen LogP contribution in [0.1, 0.15) is 24.3 Å². The SMILES string of the molecule is CN1CCC(NCC2CSc3ccccc32)CC1. The summed E-state index contributed by atoms with van der Waals surface area (Å²) < 4.78 is 0. The van der Waals surface area contributed by atoms with Crippen LogP contribution in [0.2, 0.25) is 0 Å². The Balaban J connectivity index is 1.53. The summed E-state index contributed by atoms with van der Waals surface area (Å²) in [5.74, 6) is 1.96. The topological polar surface area (TPSA) is 15.3 Å². The molecular weight excluding hydrogens is 240 g/mol. The summed E-state index contributed by atoms with van der Waals surface area (Å²) >= 11 is 2.01. The summed E-state index contributed by atoms with van der Waals surface area (Å²) in [6.45, 7) is 3.64. The van der Waals surface area contributed by atoms with Gasteiger partial charge in [-0.1, -0.05) is 18.2 Å². The van der Waals surface area contributed by atoms with Crippen LogP contribution in [0.15, 0.2) is 29.2 Å². The summed E-state index contributed by atoms with van der Waals surface area (Å²) in [7, 11) is 2.22. The quantitative estimate of drug-likeness (QED) is 0.901. The lowest BCUT2D eigenvalue weighted by Crippen LogP contribution is -2.42. The van der Waals surface area contributed by atoms with Crippen LogP contribution in [0.5, 0.6) is 0 Å². The Morgan fingerprint density at radius 2 is 2.06 bits per heavy atom. The van der Waals surface area contributed by atoms with Gasteiger partial charge in [0, 0.05) is 29.2 Å².